The summed E-state index contributed by atoms with van der Waals surface area (Å²) in [4.78, 5) is 11.9. The van der Waals surface area contributed by atoms with E-state index < -0.39 is 40.1 Å². The Morgan fingerprint density at radius 2 is 1.81 bits per heavy atom. The molecular formula is C18H13F6N5OS2. The van der Waals surface area contributed by atoms with Crippen LogP contribution in [0, 0.1) is 0 Å². The molecule has 0 fully saturated rings. The smallest absolute Gasteiger partial charge is 0.323 e. The molecule has 0 amide bonds. The molecule has 0 aliphatic carbocycles. The number of rotatable bonds is 4. The number of aryl methyl sites for hydroxylation is 1. The van der Waals surface area contributed by atoms with Crippen LogP contribution < -0.4 is 0 Å². The lowest BCUT2D eigenvalue weighted by Gasteiger charge is -2.08. The summed E-state index contributed by atoms with van der Waals surface area (Å²) in [6, 6.07) is 3.87. The molecule has 32 heavy (non-hydrogen) atoms. The minimum Gasteiger partial charge on any atom is -0.323 e. The van der Waals surface area contributed by atoms with E-state index in [9.17, 15) is 30.6 Å². The normalized spacial score (nSPS) is 13.9. The molecule has 0 aliphatic heterocycles. The average molecular weight is 493 g/mol. The number of hydrogen-bond donors (Lipinski definition) is 0. The lowest BCUT2D eigenvalue weighted by molar-refractivity contribution is -0.146. The highest BCUT2D eigenvalue weighted by atomic mass is 32.2. The molecule has 0 N–H and O–H groups in total. The molecule has 1 atom stereocenters. The maximum absolute atomic E-state index is 13.3. The van der Waals surface area contributed by atoms with Crippen LogP contribution in [0.2, 0.25) is 0 Å². The molecule has 170 valence electrons. The van der Waals surface area contributed by atoms with Crippen molar-refractivity contribution in [2.24, 2.45) is 7.05 Å². The highest BCUT2D eigenvalue weighted by molar-refractivity contribution is 8.00. The van der Waals surface area contributed by atoms with Crippen molar-refractivity contribution < 1.29 is 30.6 Å². The fourth-order valence-corrected chi connectivity index (χ4v) is 4.66. The van der Waals surface area contributed by atoms with Crippen LogP contribution in [0.1, 0.15) is 12.7 Å². The quantitative estimate of drug-likeness (QED) is 0.226. The zero-order chi connectivity index (χ0) is 23.4. The molecule has 1 aromatic carbocycles. The summed E-state index contributed by atoms with van der Waals surface area (Å²) in [5, 5.41) is -0.311. The maximum Gasteiger partial charge on any atom is 0.449 e. The van der Waals surface area contributed by atoms with Gasteiger partial charge >= 0.3 is 11.7 Å². The van der Waals surface area contributed by atoms with Gasteiger partial charge in [0.1, 0.15) is 17.0 Å². The number of nitrogens with zero attached hydrogens (tertiary/aromatic N) is 5. The van der Waals surface area contributed by atoms with Crippen LogP contribution in [0.25, 0.3) is 27.9 Å². The largest absolute Gasteiger partial charge is 0.449 e. The van der Waals surface area contributed by atoms with E-state index in [1.165, 1.54) is 29.8 Å². The molecule has 0 aliphatic rings. The number of alkyl halides is 6. The molecule has 0 saturated heterocycles. The molecule has 0 bridgehead atoms. The van der Waals surface area contributed by atoms with Crippen LogP contribution >= 0.6 is 11.8 Å². The van der Waals surface area contributed by atoms with Crippen LogP contribution in [-0.4, -0.2) is 39.4 Å². The topological polar surface area (TPSA) is 65.1 Å². The van der Waals surface area contributed by atoms with E-state index in [0.717, 1.165) is 17.0 Å². The summed E-state index contributed by atoms with van der Waals surface area (Å²) < 4.78 is 92.7. The van der Waals surface area contributed by atoms with Gasteiger partial charge in [-0.3, -0.25) is 8.61 Å². The first-order valence-corrected chi connectivity index (χ1v) is 11.1. The van der Waals surface area contributed by atoms with Crippen LogP contribution in [0.5, 0.6) is 0 Å². The SMILES string of the molecule is CCS(=O)c1cc2c(cc1-c1cn3cnc(SC(F)(F)F)cc3n1)nc(C(F)(F)F)n2C. The summed E-state index contributed by atoms with van der Waals surface area (Å²) in [6.07, 6.45) is -2.08. The van der Waals surface area contributed by atoms with Crippen molar-refractivity contribution in [3.8, 4) is 11.3 Å². The van der Waals surface area contributed by atoms with Crippen LogP contribution in [0.4, 0.5) is 26.3 Å². The van der Waals surface area contributed by atoms with Crippen LogP contribution in [0.15, 0.2) is 40.6 Å². The van der Waals surface area contributed by atoms with E-state index in [1.54, 1.807) is 6.92 Å². The van der Waals surface area contributed by atoms with Gasteiger partial charge in [-0.2, -0.15) is 26.3 Å². The third-order valence-corrected chi connectivity index (χ3v) is 6.58. The van der Waals surface area contributed by atoms with Crippen molar-refractivity contribution >= 4 is 39.2 Å². The molecule has 14 heteroatoms. The number of benzene rings is 1. The van der Waals surface area contributed by atoms with Gasteiger partial charge in [-0.25, -0.2) is 15.0 Å². The lowest BCUT2D eigenvalue weighted by atomic mass is 10.1. The molecule has 0 spiro atoms. The second kappa shape index (κ2) is 7.76. The number of thioether (sulfide) groups is 1. The predicted molar refractivity (Wildman–Crippen MR) is 107 cm³/mol. The Bertz CT molecular complexity index is 1360. The fourth-order valence-electron chi connectivity index (χ4n) is 3.19. The molecule has 0 saturated carbocycles. The Balaban J connectivity index is 1.90. The van der Waals surface area contributed by atoms with Gasteiger partial charge in [-0.1, -0.05) is 6.92 Å². The van der Waals surface area contributed by atoms with Gasteiger partial charge in [-0.15, -0.1) is 0 Å². The lowest BCUT2D eigenvalue weighted by Crippen LogP contribution is -2.12. The van der Waals surface area contributed by atoms with Gasteiger partial charge in [0.25, 0.3) is 0 Å². The number of aromatic nitrogens is 5. The van der Waals surface area contributed by atoms with Gasteiger partial charge in [-0.05, 0) is 12.1 Å². The highest BCUT2D eigenvalue weighted by Crippen LogP contribution is 2.37. The predicted octanol–water partition coefficient (Wildman–Crippen LogP) is 5.04. The van der Waals surface area contributed by atoms with Crippen molar-refractivity contribution in [1.82, 2.24) is 23.9 Å². The van der Waals surface area contributed by atoms with Gasteiger partial charge in [0.05, 0.1) is 32.4 Å². The zero-order valence-corrected chi connectivity index (χ0v) is 18.0. The third-order valence-electron chi connectivity index (χ3n) is 4.56. The first-order chi connectivity index (χ1) is 14.9. The summed E-state index contributed by atoms with van der Waals surface area (Å²) in [7, 11) is -0.343. The number of hydrogen-bond acceptors (Lipinski definition) is 5. The third kappa shape index (κ3) is 4.20. The highest BCUT2D eigenvalue weighted by Gasteiger charge is 2.37. The molecular weight excluding hydrogens is 480 g/mol. The molecule has 1 unspecified atom stereocenters. The Morgan fingerprint density at radius 3 is 2.44 bits per heavy atom. The standard InChI is InChI=1S/C18H13F6N5OS2/c1-3-32(30)13-5-12-10(27-16(28(12)2)17(19,20)21)4-9(13)11-7-29-8-25-15(6-14(29)26-11)31-18(22,23)24/h4-8H,3H2,1-2H3. The van der Waals surface area contributed by atoms with E-state index in [2.05, 4.69) is 15.0 Å². The molecule has 0 radical (unpaired) electrons. The average Bonchev–Trinajstić information content (AvgIpc) is 3.25. The number of halogens is 6. The van der Waals surface area contributed by atoms with Crippen molar-refractivity contribution in [1.29, 1.82) is 0 Å². The Hall–Kier alpha value is -2.61. The Kier molecular flexibility index (Phi) is 5.48. The Morgan fingerprint density at radius 1 is 1.09 bits per heavy atom. The molecule has 3 heterocycles. The number of imidazole rings is 2. The molecule has 4 rings (SSSR count). The second-order valence-corrected chi connectivity index (χ2v) is 9.42. The second-order valence-electron chi connectivity index (χ2n) is 6.63. The first kappa shape index (κ1) is 22.6. The summed E-state index contributed by atoms with van der Waals surface area (Å²) in [6.45, 7) is 1.66. The number of fused-ring (bicyclic) bond motifs is 2. The Labute approximate surface area is 183 Å². The van der Waals surface area contributed by atoms with E-state index in [1.807, 2.05) is 0 Å². The van der Waals surface area contributed by atoms with Gasteiger partial charge < -0.3 is 4.57 Å². The van der Waals surface area contributed by atoms with Gasteiger partial charge in [0.15, 0.2) is 0 Å². The minimum absolute atomic E-state index is 0.0233. The summed E-state index contributed by atoms with van der Waals surface area (Å²) in [5.74, 6) is -0.907. The van der Waals surface area contributed by atoms with E-state index >= 15 is 0 Å². The minimum atomic E-state index is -4.68. The summed E-state index contributed by atoms with van der Waals surface area (Å²) >= 11 is -0.392. The van der Waals surface area contributed by atoms with E-state index in [4.69, 9.17) is 0 Å². The molecule has 6 nitrogen and oxygen atoms in total. The van der Waals surface area contributed by atoms with Gasteiger partial charge in [0.2, 0.25) is 5.82 Å². The van der Waals surface area contributed by atoms with Crippen molar-refractivity contribution in [3.63, 3.8) is 0 Å². The van der Waals surface area contributed by atoms with Crippen molar-refractivity contribution in [3.05, 3.63) is 36.5 Å². The fraction of sp³-hybridized carbons (Fsp3) is 0.278. The van der Waals surface area contributed by atoms with E-state index in [0.29, 0.717) is 0 Å². The maximum atomic E-state index is 13.3. The first-order valence-electron chi connectivity index (χ1n) is 8.94. The molecule has 3 aromatic heterocycles. The van der Waals surface area contributed by atoms with Gasteiger partial charge in [0, 0.05) is 42.4 Å². The monoisotopic (exact) mass is 493 g/mol. The zero-order valence-electron chi connectivity index (χ0n) is 16.3. The summed E-state index contributed by atoms with van der Waals surface area (Å²) in [5.41, 5.74) is -3.71. The van der Waals surface area contributed by atoms with Crippen LogP contribution in [0.3, 0.4) is 0 Å². The van der Waals surface area contributed by atoms with Crippen molar-refractivity contribution in [2.45, 2.75) is 28.5 Å². The van der Waals surface area contributed by atoms with E-state index in [-0.39, 0.29) is 43.6 Å². The van der Waals surface area contributed by atoms with Crippen molar-refractivity contribution in [2.75, 3.05) is 5.75 Å². The molecule has 4 aromatic rings. The van der Waals surface area contributed by atoms with Crippen LogP contribution in [-0.2, 0) is 24.0 Å².